The number of allylic oxidation sites excluding steroid dienone is 1. The van der Waals surface area contributed by atoms with Gasteiger partial charge in [0.2, 0.25) is 0 Å². The minimum absolute atomic E-state index is 0.0356. The predicted molar refractivity (Wildman–Crippen MR) is 311 cm³/mol. The van der Waals surface area contributed by atoms with Crippen LogP contribution < -0.4 is 5.32 Å². The van der Waals surface area contributed by atoms with Crippen molar-refractivity contribution in [2.75, 3.05) is 26.8 Å². The van der Waals surface area contributed by atoms with Crippen LogP contribution in [0.25, 0.3) is 11.0 Å². The molecule has 1 aromatic carbocycles. The molecule has 8 aliphatic carbocycles. The maximum atomic E-state index is 16.2. The van der Waals surface area contributed by atoms with E-state index in [1.807, 2.05) is 7.05 Å². The van der Waals surface area contributed by atoms with E-state index in [1.54, 1.807) is 0 Å². The standard InChI is InChI=1S/C70H90N4O6/c1-64(2)63(80-64)52(76)35-66(4)48-15-11-12-21-69-23-17-53-65(3,24-26-71-7)62(78)55-49-18-25-72-57(49)43-16-22-70(55,34-43)68(53,6)61(69)60(77)50(54-56(66)51(75)36-67(54,69)5)39-74-38-47(58-59(74)46(33-48)37-73-58)31-40-29-44(41-13-9-8-10-14-41)32-45(30-40)42-19-27-79-28-20-42/h18,25,29-30,32,37-38,41-43,48,50,52-53,55,60-61,63,71-73,76-77H,8-10,13-17,19-24,26-28,31,33-36,39H2,1-7H3/t43-,48-,50-,52+,53-,55+,60+,61+,63+,65-,66+,67-,68+,69-,70-/m0/s1. The number of rotatable bonds is 10. The van der Waals surface area contributed by atoms with Crippen LogP contribution in [0.2, 0.25) is 0 Å². The summed E-state index contributed by atoms with van der Waals surface area (Å²) in [6.45, 7) is 16.7. The van der Waals surface area contributed by atoms with Crippen molar-refractivity contribution in [2.24, 2.45) is 56.2 Å². The molecule has 2 saturated heterocycles. The Hall–Kier alpha value is -4.24. The number of epoxide rings is 1. The first kappa shape index (κ1) is 52.6. The van der Waals surface area contributed by atoms with Gasteiger partial charge in [-0.25, -0.2) is 0 Å². The Balaban J connectivity index is 0.942. The molecule has 2 spiro atoms. The lowest BCUT2D eigenvalue weighted by molar-refractivity contribution is -0.270. The van der Waals surface area contributed by atoms with Gasteiger partial charge in [-0.05, 0) is 201 Å². The zero-order valence-electron chi connectivity index (χ0n) is 49.1. The molecule has 0 unspecified atom stereocenters. The summed E-state index contributed by atoms with van der Waals surface area (Å²) < 4.78 is 14.7. The normalized spacial score (nSPS) is 41.0. The Kier molecular flexibility index (Phi) is 11.9. The molecule has 10 nitrogen and oxygen atoms in total. The molecule has 15 atom stereocenters. The van der Waals surface area contributed by atoms with Gasteiger partial charge in [0.1, 0.15) is 11.9 Å². The topological polar surface area (TPSA) is 145 Å². The summed E-state index contributed by atoms with van der Waals surface area (Å²) in [5.41, 5.74) is 9.86. The third-order valence-corrected chi connectivity index (χ3v) is 26.2. The van der Waals surface area contributed by atoms with Gasteiger partial charge in [0, 0.05) is 97.5 Å². The molecule has 5 saturated carbocycles. The average Bonchev–Trinajstić information content (AvgIpc) is 2.30. The molecule has 10 heteroatoms. The molecule has 426 valence electrons. The third kappa shape index (κ3) is 7.03. The van der Waals surface area contributed by atoms with E-state index in [1.165, 1.54) is 82.2 Å². The van der Waals surface area contributed by atoms with Crippen molar-refractivity contribution in [3.05, 3.63) is 93.1 Å². The fraction of sp³-hybridized carbons (Fsp3) is 0.686. The van der Waals surface area contributed by atoms with Crippen molar-refractivity contribution in [2.45, 2.75) is 218 Å². The number of aliphatic hydroxyl groups excluding tert-OH is 2. The van der Waals surface area contributed by atoms with Gasteiger partial charge >= 0.3 is 0 Å². The second kappa shape index (κ2) is 18.1. The van der Waals surface area contributed by atoms with E-state index in [0.717, 1.165) is 88.7 Å². The highest BCUT2D eigenvalue weighted by atomic mass is 16.6. The lowest BCUT2D eigenvalue weighted by Gasteiger charge is -2.76. The first-order valence-corrected chi connectivity index (χ1v) is 31.9. The monoisotopic (exact) mass is 1080 g/mol. The fourth-order valence-electron chi connectivity index (χ4n) is 22.5. The number of ether oxygens (including phenoxy) is 2. The molecule has 6 heterocycles. The van der Waals surface area contributed by atoms with Gasteiger partial charge in [-0.2, -0.15) is 0 Å². The zero-order valence-corrected chi connectivity index (χ0v) is 49.1. The summed E-state index contributed by atoms with van der Waals surface area (Å²) in [4.78, 5) is 39.9. The zero-order chi connectivity index (χ0) is 55.1. The van der Waals surface area contributed by atoms with E-state index < -0.39 is 50.8 Å². The van der Waals surface area contributed by atoms with Gasteiger partial charge in [-0.15, -0.1) is 11.8 Å². The van der Waals surface area contributed by atoms with Crippen LogP contribution in [0.4, 0.5) is 0 Å². The third-order valence-electron chi connectivity index (χ3n) is 26.2. The molecular weight excluding hydrogens is 993 g/mol. The summed E-state index contributed by atoms with van der Waals surface area (Å²) in [7, 11) is 2.01. The Bertz CT molecular complexity index is 3260. The number of nitrogens with one attached hydrogen (secondary N) is 3. The summed E-state index contributed by atoms with van der Waals surface area (Å²) in [5.74, 6) is 8.92. The Morgan fingerprint density at radius 1 is 0.887 bits per heavy atom. The molecule has 15 rings (SSSR count). The number of aromatic amines is 2. The SMILES string of the molecule is CNCC[C@]1(C)C(=O)[C@H]2c3cc[nH]c3[C@H]3CC[C@@]2(C3)[C@]2(C)[C@H]1CC[C@]13CC#CC[C@H]4Cc5c[nH]c6c(Cc7cc(C8CCCCC8)cc(C8CCOCC8)c7)cn(c56)C[C@@H](C5=C(C(=O)C[C@@]51C)[C@]4(C)C[C@@H](O)[C@H]1OC1(C)C)[C@@H](O)[C@@H]32. The molecule has 4 aromatic rings. The van der Waals surface area contributed by atoms with Crippen LogP contribution in [0.3, 0.4) is 0 Å². The smallest absolute Gasteiger partial charge is 0.160 e. The number of hydrogen-bond acceptors (Lipinski definition) is 7. The van der Waals surface area contributed by atoms with Gasteiger partial charge in [-0.3, -0.25) is 9.59 Å². The number of aromatic nitrogens is 3. The number of benzene rings is 1. The summed E-state index contributed by atoms with van der Waals surface area (Å²) >= 11 is 0. The van der Waals surface area contributed by atoms with Gasteiger partial charge in [0.25, 0.3) is 0 Å². The van der Waals surface area contributed by atoms with E-state index >= 15 is 9.59 Å². The highest BCUT2D eigenvalue weighted by molar-refractivity contribution is 6.02. The fourth-order valence-corrected chi connectivity index (χ4v) is 22.5. The van der Waals surface area contributed by atoms with Crippen LogP contribution in [0, 0.1) is 68.0 Å². The minimum atomic E-state index is -0.827. The van der Waals surface area contributed by atoms with Crippen molar-refractivity contribution in [1.29, 1.82) is 0 Å². The molecule has 7 bridgehead atoms. The average molecular weight is 1080 g/mol. The van der Waals surface area contributed by atoms with Crippen LogP contribution in [0.1, 0.15) is 213 Å². The molecular formula is C70H90N4O6. The predicted octanol–water partition coefficient (Wildman–Crippen LogP) is 12.3. The van der Waals surface area contributed by atoms with E-state index in [2.05, 4.69) is 116 Å². The Labute approximate surface area is 475 Å². The number of aliphatic hydroxyl groups is 2. The van der Waals surface area contributed by atoms with E-state index in [9.17, 15) is 10.2 Å². The molecule has 0 amide bonds. The van der Waals surface area contributed by atoms with Gasteiger partial charge in [0.15, 0.2) is 5.78 Å². The van der Waals surface area contributed by atoms with Crippen molar-refractivity contribution >= 4 is 22.6 Å². The number of ketones is 2. The number of fused-ring (bicyclic) bond motifs is 7. The molecule has 11 aliphatic rings. The molecule has 0 radical (unpaired) electrons. The van der Waals surface area contributed by atoms with Crippen LogP contribution >= 0.6 is 0 Å². The quantitative estimate of drug-likeness (QED) is 0.0785. The van der Waals surface area contributed by atoms with Gasteiger partial charge < -0.3 is 39.5 Å². The van der Waals surface area contributed by atoms with Crippen LogP contribution in [0.5, 0.6) is 0 Å². The number of hydrogen-bond donors (Lipinski definition) is 5. The van der Waals surface area contributed by atoms with Crippen molar-refractivity contribution in [3.63, 3.8) is 0 Å². The Morgan fingerprint density at radius 3 is 2.39 bits per heavy atom. The second-order valence-corrected chi connectivity index (χ2v) is 30.1. The van der Waals surface area contributed by atoms with Crippen LogP contribution in [-0.4, -0.2) is 87.0 Å². The van der Waals surface area contributed by atoms with Gasteiger partial charge in [-0.1, -0.05) is 65.2 Å². The Morgan fingerprint density at radius 2 is 1.64 bits per heavy atom. The minimum Gasteiger partial charge on any atom is -0.392 e. The first-order valence-electron chi connectivity index (χ1n) is 31.9. The van der Waals surface area contributed by atoms with E-state index in [4.69, 9.17) is 9.47 Å². The largest absolute Gasteiger partial charge is 0.392 e. The van der Waals surface area contributed by atoms with Crippen molar-refractivity contribution in [1.82, 2.24) is 19.9 Å². The number of H-pyrrole nitrogens is 2. The maximum absolute atomic E-state index is 16.2. The highest BCUT2D eigenvalue weighted by Crippen LogP contribution is 2.84. The maximum Gasteiger partial charge on any atom is 0.160 e. The summed E-state index contributed by atoms with van der Waals surface area (Å²) in [5, 5.41) is 30.9. The number of carbonyl (C=O) groups excluding carboxylic acids is 2. The molecule has 5 N–H and O–H groups in total. The van der Waals surface area contributed by atoms with Gasteiger partial charge in [0.05, 0.1) is 34.8 Å². The van der Waals surface area contributed by atoms with Crippen molar-refractivity contribution < 1.29 is 29.3 Å². The molecule has 3 aliphatic heterocycles. The summed E-state index contributed by atoms with van der Waals surface area (Å²) in [6.07, 6.45) is 22.2. The lowest BCUT2D eigenvalue weighted by Crippen LogP contribution is -2.74. The molecule has 7 fully saturated rings. The highest BCUT2D eigenvalue weighted by Gasteiger charge is 2.81. The van der Waals surface area contributed by atoms with Crippen LogP contribution in [0.15, 0.2) is 54.0 Å². The lowest BCUT2D eigenvalue weighted by atomic mass is 9.27. The second-order valence-electron chi connectivity index (χ2n) is 30.1. The van der Waals surface area contributed by atoms with Crippen molar-refractivity contribution in [3.8, 4) is 11.8 Å². The first-order chi connectivity index (χ1) is 38.4. The number of Topliss-reactive ketones (excluding diaryl/α,β-unsaturated/α-hetero) is 2. The summed E-state index contributed by atoms with van der Waals surface area (Å²) in [6, 6.07) is 9.87. The van der Waals surface area contributed by atoms with Crippen LogP contribution in [-0.2, 0) is 38.4 Å². The number of carbonyl (C=O) groups is 2. The van der Waals surface area contributed by atoms with E-state index in [0.29, 0.717) is 62.2 Å². The van der Waals surface area contributed by atoms with E-state index in [-0.39, 0.29) is 41.0 Å². The molecule has 3 aromatic heterocycles. The molecule has 80 heavy (non-hydrogen) atoms. The number of nitrogens with zero attached hydrogens (tertiary/aromatic N) is 1.